The quantitative estimate of drug-likeness (QED) is 0.837. The van der Waals surface area contributed by atoms with Gasteiger partial charge < -0.3 is 14.6 Å². The minimum Gasteiger partial charge on any atom is -0.465 e. The molecule has 0 aliphatic carbocycles. The van der Waals surface area contributed by atoms with Crippen LogP contribution in [0.1, 0.15) is 22.5 Å². The van der Waals surface area contributed by atoms with Gasteiger partial charge in [-0.05, 0) is 25.1 Å². The fourth-order valence-electron chi connectivity index (χ4n) is 1.97. The zero-order valence-electron chi connectivity index (χ0n) is 12.6. The average molecular weight is 355 g/mol. The van der Waals surface area contributed by atoms with Crippen molar-refractivity contribution < 1.29 is 14.3 Å². The monoisotopic (exact) mass is 354 g/mol. The second-order valence-corrected chi connectivity index (χ2v) is 6.01. The van der Waals surface area contributed by atoms with Gasteiger partial charge in [0.1, 0.15) is 0 Å². The number of thiazole rings is 1. The Bertz CT molecular complexity index is 797. The molecule has 2 aromatic rings. The normalized spacial score (nSPS) is 10.4. The molecule has 1 aromatic heterocycles. The van der Waals surface area contributed by atoms with Crippen molar-refractivity contribution in [3.63, 3.8) is 0 Å². The largest absolute Gasteiger partial charge is 0.465 e. The minimum absolute atomic E-state index is 0.0963. The maximum Gasteiger partial charge on any atom is 0.337 e. The van der Waals surface area contributed by atoms with E-state index in [0.29, 0.717) is 10.7 Å². The van der Waals surface area contributed by atoms with Gasteiger partial charge in [-0.2, -0.15) is 0 Å². The van der Waals surface area contributed by atoms with E-state index < -0.39 is 5.97 Å². The van der Waals surface area contributed by atoms with Crippen LogP contribution in [0.4, 0.5) is 5.69 Å². The summed E-state index contributed by atoms with van der Waals surface area (Å²) in [5, 5.41) is 4.70. The molecule has 0 aliphatic heterocycles. The van der Waals surface area contributed by atoms with Crippen molar-refractivity contribution in [3.8, 4) is 0 Å². The summed E-state index contributed by atoms with van der Waals surface area (Å²) in [5.74, 6) is -0.816. The van der Waals surface area contributed by atoms with Crippen molar-refractivity contribution in [2.45, 2.75) is 19.9 Å². The Morgan fingerprint density at radius 1 is 1.39 bits per heavy atom. The molecule has 6 nitrogen and oxygen atoms in total. The molecule has 1 N–H and O–H groups in total. The van der Waals surface area contributed by atoms with Crippen molar-refractivity contribution in [1.29, 1.82) is 0 Å². The summed E-state index contributed by atoms with van der Waals surface area (Å²) in [5.41, 5.74) is 1.43. The van der Waals surface area contributed by atoms with E-state index in [-0.39, 0.29) is 29.3 Å². The number of methoxy groups -OCH3 is 1. The van der Waals surface area contributed by atoms with Crippen LogP contribution in [0.15, 0.2) is 28.4 Å². The highest BCUT2D eigenvalue weighted by Gasteiger charge is 2.12. The number of hydrogen-bond acceptors (Lipinski definition) is 5. The number of nitrogens with one attached hydrogen (secondary N) is 1. The van der Waals surface area contributed by atoms with Gasteiger partial charge in [0.15, 0.2) is 0 Å². The molecule has 1 amide bonds. The summed E-state index contributed by atoms with van der Waals surface area (Å²) in [6, 6.07) is 4.48. The second kappa shape index (κ2) is 7.43. The van der Waals surface area contributed by atoms with Crippen LogP contribution in [0.2, 0.25) is 5.02 Å². The molecule has 0 radical (unpaired) electrons. The van der Waals surface area contributed by atoms with Gasteiger partial charge in [0.2, 0.25) is 5.91 Å². The number of amides is 1. The van der Waals surface area contributed by atoms with Crippen LogP contribution in [-0.4, -0.2) is 23.6 Å². The summed E-state index contributed by atoms with van der Waals surface area (Å²) in [6.07, 6.45) is 0.121. The zero-order chi connectivity index (χ0) is 17.0. The Hall–Kier alpha value is -2.12. The Balaban J connectivity index is 2.05. The second-order valence-electron chi connectivity index (χ2n) is 4.78. The van der Waals surface area contributed by atoms with Crippen LogP contribution in [0.25, 0.3) is 0 Å². The molecule has 122 valence electrons. The number of carbonyl (C=O) groups is 2. The maximum absolute atomic E-state index is 12.0. The molecule has 0 saturated carbocycles. The van der Waals surface area contributed by atoms with Crippen LogP contribution in [-0.2, 0) is 16.1 Å². The van der Waals surface area contributed by atoms with Crippen molar-refractivity contribution in [2.75, 3.05) is 12.4 Å². The van der Waals surface area contributed by atoms with Gasteiger partial charge in [-0.3, -0.25) is 9.59 Å². The van der Waals surface area contributed by atoms with Crippen molar-refractivity contribution >= 4 is 40.5 Å². The van der Waals surface area contributed by atoms with Crippen LogP contribution < -0.4 is 10.2 Å². The molecule has 8 heteroatoms. The topological polar surface area (TPSA) is 77.4 Å². The fourth-order valence-corrected chi connectivity index (χ4v) is 2.89. The molecule has 23 heavy (non-hydrogen) atoms. The smallest absolute Gasteiger partial charge is 0.337 e. The molecule has 0 aliphatic rings. The standard InChI is InChI=1S/C15H15ClN2O4S/c1-9-8-23-15(21)18(9)6-5-13(19)17-12-7-10(14(20)22-2)3-4-11(12)16/h3-4,7-8H,5-6H2,1-2H3,(H,17,19). The van der Waals surface area contributed by atoms with Gasteiger partial charge in [-0.1, -0.05) is 22.9 Å². The number of ether oxygens (including phenoxy) is 1. The number of carbonyl (C=O) groups excluding carboxylic acids is 2. The molecule has 0 saturated heterocycles. The van der Waals surface area contributed by atoms with E-state index in [4.69, 9.17) is 11.6 Å². The first-order chi connectivity index (χ1) is 10.9. The maximum atomic E-state index is 12.0. The van der Waals surface area contributed by atoms with Gasteiger partial charge in [-0.25, -0.2) is 4.79 Å². The highest BCUT2D eigenvalue weighted by molar-refractivity contribution is 7.07. The minimum atomic E-state index is -0.516. The van der Waals surface area contributed by atoms with Gasteiger partial charge in [0, 0.05) is 24.0 Å². The van der Waals surface area contributed by atoms with Crippen LogP contribution in [0.3, 0.4) is 0 Å². The number of esters is 1. The molecular weight excluding hydrogens is 340 g/mol. The first-order valence-electron chi connectivity index (χ1n) is 6.75. The summed E-state index contributed by atoms with van der Waals surface area (Å²) < 4.78 is 6.17. The molecule has 0 atom stereocenters. The van der Waals surface area contributed by atoms with E-state index in [9.17, 15) is 14.4 Å². The lowest BCUT2D eigenvalue weighted by Gasteiger charge is -2.09. The highest BCUT2D eigenvalue weighted by atomic mass is 35.5. The van der Waals surface area contributed by atoms with E-state index in [1.807, 2.05) is 6.92 Å². The van der Waals surface area contributed by atoms with Gasteiger partial charge in [-0.15, -0.1) is 0 Å². The highest BCUT2D eigenvalue weighted by Crippen LogP contribution is 2.23. The first-order valence-corrected chi connectivity index (χ1v) is 8.00. The van der Waals surface area contributed by atoms with Gasteiger partial charge in [0.05, 0.1) is 23.4 Å². The van der Waals surface area contributed by atoms with Crippen molar-refractivity contribution in [3.05, 3.63) is 49.5 Å². The zero-order valence-corrected chi connectivity index (χ0v) is 14.2. The number of aryl methyl sites for hydroxylation is 1. The fraction of sp³-hybridized carbons (Fsp3) is 0.267. The number of halogens is 1. The van der Waals surface area contributed by atoms with E-state index in [1.54, 1.807) is 5.38 Å². The van der Waals surface area contributed by atoms with Crippen molar-refractivity contribution in [1.82, 2.24) is 4.57 Å². The molecule has 1 aromatic carbocycles. The van der Waals surface area contributed by atoms with E-state index in [2.05, 4.69) is 10.1 Å². The molecular formula is C15H15ClN2O4S. The molecule has 1 heterocycles. The summed E-state index contributed by atoms with van der Waals surface area (Å²) in [7, 11) is 1.27. The van der Waals surface area contributed by atoms with Crippen LogP contribution in [0, 0.1) is 6.92 Å². The van der Waals surface area contributed by atoms with Gasteiger partial charge in [0.25, 0.3) is 0 Å². The Morgan fingerprint density at radius 3 is 2.74 bits per heavy atom. The van der Waals surface area contributed by atoms with E-state index in [1.165, 1.54) is 29.9 Å². The average Bonchev–Trinajstić information content (AvgIpc) is 2.85. The number of hydrogen-bond donors (Lipinski definition) is 1. The summed E-state index contributed by atoms with van der Waals surface area (Å²) >= 11 is 7.12. The third-order valence-electron chi connectivity index (χ3n) is 3.20. The molecule has 0 spiro atoms. The number of rotatable bonds is 5. The summed E-state index contributed by atoms with van der Waals surface area (Å²) in [4.78, 5) is 35.0. The van der Waals surface area contributed by atoms with Gasteiger partial charge >= 0.3 is 10.8 Å². The number of aromatic nitrogens is 1. The Kier molecular flexibility index (Phi) is 5.57. The molecule has 0 unspecified atom stereocenters. The predicted octanol–water partition coefficient (Wildman–Crippen LogP) is 2.69. The third kappa shape index (κ3) is 4.20. The van der Waals surface area contributed by atoms with E-state index >= 15 is 0 Å². The predicted molar refractivity (Wildman–Crippen MR) is 89.4 cm³/mol. The lowest BCUT2D eigenvalue weighted by atomic mass is 10.2. The van der Waals surface area contributed by atoms with Crippen molar-refractivity contribution in [2.24, 2.45) is 0 Å². The molecule has 0 bridgehead atoms. The first kappa shape index (κ1) is 17.2. The number of anilines is 1. The van der Waals surface area contributed by atoms with Crippen LogP contribution in [0.5, 0.6) is 0 Å². The number of benzene rings is 1. The Labute approximate surface area is 141 Å². The lowest BCUT2D eigenvalue weighted by Crippen LogP contribution is -2.20. The Morgan fingerprint density at radius 2 is 2.13 bits per heavy atom. The molecule has 0 fully saturated rings. The number of nitrogens with zero attached hydrogens (tertiary/aromatic N) is 1. The molecule has 2 rings (SSSR count). The lowest BCUT2D eigenvalue weighted by molar-refractivity contribution is -0.116. The third-order valence-corrected chi connectivity index (χ3v) is 4.41. The van der Waals surface area contributed by atoms with E-state index in [0.717, 1.165) is 17.0 Å². The summed E-state index contributed by atoms with van der Waals surface area (Å²) in [6.45, 7) is 2.10. The SMILES string of the molecule is COC(=O)c1ccc(Cl)c(NC(=O)CCn2c(C)csc2=O)c1. The van der Waals surface area contributed by atoms with Crippen LogP contribution >= 0.6 is 22.9 Å².